The first-order valence-corrected chi connectivity index (χ1v) is 9.16. The highest BCUT2D eigenvalue weighted by Gasteiger charge is 2.33. The van der Waals surface area contributed by atoms with E-state index in [1.54, 1.807) is 18.8 Å². The van der Waals surface area contributed by atoms with E-state index in [1.807, 2.05) is 6.92 Å². The second-order valence-corrected chi connectivity index (χ2v) is 7.05. The van der Waals surface area contributed by atoms with E-state index in [2.05, 4.69) is 15.2 Å². The van der Waals surface area contributed by atoms with Gasteiger partial charge in [0.25, 0.3) is 0 Å². The lowest BCUT2D eigenvalue weighted by molar-refractivity contribution is -0.149. The molecule has 0 bridgehead atoms. The van der Waals surface area contributed by atoms with Gasteiger partial charge in [-0.15, -0.1) is 0 Å². The number of aliphatic hydroxyl groups is 1. The minimum absolute atomic E-state index is 0.00437. The summed E-state index contributed by atoms with van der Waals surface area (Å²) in [7, 11) is 1.76. The van der Waals surface area contributed by atoms with Crippen molar-refractivity contribution in [2.24, 2.45) is 10.9 Å². The first-order valence-electron chi connectivity index (χ1n) is 8.00. The molecule has 126 valence electrons. The van der Waals surface area contributed by atoms with Gasteiger partial charge in [-0.3, -0.25) is 9.79 Å². The first-order chi connectivity index (χ1) is 10.6. The molecule has 2 aliphatic heterocycles. The highest BCUT2D eigenvalue weighted by molar-refractivity contribution is 7.99. The van der Waals surface area contributed by atoms with Crippen LogP contribution in [0.4, 0.5) is 0 Å². The molecule has 0 aromatic carbocycles. The van der Waals surface area contributed by atoms with Crippen LogP contribution in [0, 0.1) is 5.92 Å². The third-order valence-corrected chi connectivity index (χ3v) is 5.52. The van der Waals surface area contributed by atoms with Crippen LogP contribution < -0.4 is 5.32 Å². The maximum absolute atomic E-state index is 11.8. The van der Waals surface area contributed by atoms with Gasteiger partial charge in [0.05, 0.1) is 18.1 Å². The number of nitrogens with one attached hydrogen (secondary N) is 1. The number of esters is 1. The zero-order valence-electron chi connectivity index (χ0n) is 13.5. The van der Waals surface area contributed by atoms with E-state index < -0.39 is 5.60 Å². The Morgan fingerprint density at radius 2 is 2.23 bits per heavy atom. The van der Waals surface area contributed by atoms with Gasteiger partial charge in [0, 0.05) is 32.4 Å². The lowest BCUT2D eigenvalue weighted by atomic mass is 9.97. The molecule has 22 heavy (non-hydrogen) atoms. The number of guanidine groups is 1. The van der Waals surface area contributed by atoms with Crippen LogP contribution in [0.1, 0.15) is 26.2 Å². The number of likely N-dealkylation sites (tertiary alicyclic amines) is 1. The number of carbonyl (C=O) groups is 1. The molecule has 0 spiro atoms. The quantitative estimate of drug-likeness (QED) is 0.449. The molecule has 2 aliphatic rings. The van der Waals surface area contributed by atoms with Crippen molar-refractivity contribution in [2.45, 2.75) is 31.8 Å². The zero-order valence-corrected chi connectivity index (χ0v) is 14.3. The number of aliphatic imine (C=N–C) groups is 1. The molecule has 0 aliphatic carbocycles. The molecular formula is C15H27N3O3S. The van der Waals surface area contributed by atoms with Crippen LogP contribution in [0.2, 0.25) is 0 Å². The molecular weight excluding hydrogens is 302 g/mol. The number of ether oxygens (including phenoxy) is 1. The minimum atomic E-state index is -0.621. The summed E-state index contributed by atoms with van der Waals surface area (Å²) in [6.07, 6.45) is 2.41. The summed E-state index contributed by atoms with van der Waals surface area (Å²) >= 11 is 1.79. The van der Waals surface area contributed by atoms with E-state index >= 15 is 0 Å². The summed E-state index contributed by atoms with van der Waals surface area (Å²) in [6.45, 7) is 4.39. The van der Waals surface area contributed by atoms with Gasteiger partial charge < -0.3 is 20.1 Å². The molecule has 2 heterocycles. The van der Waals surface area contributed by atoms with Crippen LogP contribution >= 0.6 is 11.8 Å². The number of hydrogen-bond donors (Lipinski definition) is 2. The monoisotopic (exact) mass is 329 g/mol. The molecule has 1 unspecified atom stereocenters. The minimum Gasteiger partial charge on any atom is -0.466 e. The topological polar surface area (TPSA) is 74.2 Å². The third-order valence-electron chi connectivity index (χ3n) is 4.28. The third kappa shape index (κ3) is 4.52. The van der Waals surface area contributed by atoms with E-state index in [0.717, 1.165) is 49.8 Å². The van der Waals surface area contributed by atoms with Crippen molar-refractivity contribution in [3.63, 3.8) is 0 Å². The van der Waals surface area contributed by atoms with E-state index in [9.17, 15) is 9.90 Å². The summed E-state index contributed by atoms with van der Waals surface area (Å²) in [6, 6.07) is 0. The Kier molecular flexibility index (Phi) is 6.37. The fourth-order valence-corrected chi connectivity index (χ4v) is 4.19. The lowest BCUT2D eigenvalue weighted by Crippen LogP contribution is -2.51. The number of rotatable bonds is 4. The molecule has 2 saturated heterocycles. The van der Waals surface area contributed by atoms with Crippen molar-refractivity contribution >= 4 is 23.7 Å². The summed E-state index contributed by atoms with van der Waals surface area (Å²) in [4.78, 5) is 18.2. The molecule has 0 saturated carbocycles. The Bertz CT molecular complexity index is 403. The molecule has 6 nitrogen and oxygen atoms in total. The van der Waals surface area contributed by atoms with Crippen LogP contribution in [-0.2, 0) is 9.53 Å². The van der Waals surface area contributed by atoms with Gasteiger partial charge in [-0.05, 0) is 31.9 Å². The fourth-order valence-electron chi connectivity index (χ4n) is 2.90. The number of thioether (sulfide) groups is 1. The second kappa shape index (κ2) is 8.06. The van der Waals surface area contributed by atoms with E-state index in [1.165, 1.54) is 0 Å². The largest absolute Gasteiger partial charge is 0.466 e. The predicted molar refractivity (Wildman–Crippen MR) is 89.2 cm³/mol. The van der Waals surface area contributed by atoms with Crippen LogP contribution in [0.15, 0.2) is 4.99 Å². The summed E-state index contributed by atoms with van der Waals surface area (Å²) in [5, 5.41) is 13.7. The number of piperidine rings is 1. The fraction of sp³-hybridized carbons (Fsp3) is 0.867. The second-order valence-electron chi connectivity index (χ2n) is 5.94. The Labute approximate surface area is 136 Å². The first kappa shape index (κ1) is 17.4. The predicted octanol–water partition coefficient (Wildman–Crippen LogP) is 0.705. The van der Waals surface area contributed by atoms with Crippen molar-refractivity contribution in [2.75, 3.05) is 44.8 Å². The Morgan fingerprint density at radius 1 is 1.50 bits per heavy atom. The van der Waals surface area contributed by atoms with Gasteiger partial charge in [-0.25, -0.2) is 0 Å². The average Bonchev–Trinajstić information content (AvgIpc) is 2.96. The highest BCUT2D eigenvalue weighted by atomic mass is 32.2. The van der Waals surface area contributed by atoms with E-state index in [0.29, 0.717) is 13.2 Å². The van der Waals surface area contributed by atoms with Crippen molar-refractivity contribution in [1.82, 2.24) is 10.2 Å². The standard InChI is InChI=1S/C15H27N3O3S/c1-3-21-13(19)12-4-7-18(8-5-12)14(16-2)17-10-15(20)6-9-22-11-15/h12,20H,3-11H2,1-2H3,(H,16,17). The molecule has 0 aromatic heterocycles. The summed E-state index contributed by atoms with van der Waals surface area (Å²) in [5.41, 5.74) is -0.621. The van der Waals surface area contributed by atoms with Crippen LogP contribution in [0.5, 0.6) is 0 Å². The van der Waals surface area contributed by atoms with Crippen LogP contribution in [-0.4, -0.2) is 72.3 Å². The Hall–Kier alpha value is -0.950. The zero-order chi connectivity index (χ0) is 16.0. The average molecular weight is 329 g/mol. The van der Waals surface area contributed by atoms with Crippen LogP contribution in [0.3, 0.4) is 0 Å². The molecule has 7 heteroatoms. The molecule has 0 amide bonds. The molecule has 1 atom stereocenters. The number of hydrogen-bond acceptors (Lipinski definition) is 5. The van der Waals surface area contributed by atoms with Gasteiger partial charge >= 0.3 is 5.97 Å². The smallest absolute Gasteiger partial charge is 0.309 e. The molecule has 0 radical (unpaired) electrons. The van der Waals surface area contributed by atoms with Crippen molar-refractivity contribution in [3.8, 4) is 0 Å². The molecule has 2 N–H and O–H groups in total. The molecule has 0 aromatic rings. The van der Waals surface area contributed by atoms with Crippen molar-refractivity contribution < 1.29 is 14.6 Å². The SMILES string of the molecule is CCOC(=O)C1CCN(C(=NC)NCC2(O)CCSC2)CC1. The summed E-state index contributed by atoms with van der Waals surface area (Å²) in [5.74, 6) is 2.53. The van der Waals surface area contributed by atoms with Gasteiger partial charge in [-0.2, -0.15) is 11.8 Å². The van der Waals surface area contributed by atoms with Gasteiger partial charge in [0.15, 0.2) is 5.96 Å². The normalized spacial score (nSPS) is 27.0. The van der Waals surface area contributed by atoms with Gasteiger partial charge in [-0.1, -0.05) is 0 Å². The summed E-state index contributed by atoms with van der Waals surface area (Å²) < 4.78 is 5.09. The van der Waals surface area contributed by atoms with Gasteiger partial charge in [0.1, 0.15) is 0 Å². The Morgan fingerprint density at radius 3 is 2.77 bits per heavy atom. The molecule has 2 rings (SSSR count). The number of nitrogens with zero attached hydrogens (tertiary/aromatic N) is 2. The molecule has 2 fully saturated rings. The van der Waals surface area contributed by atoms with Gasteiger partial charge in [0.2, 0.25) is 0 Å². The van der Waals surface area contributed by atoms with E-state index in [4.69, 9.17) is 4.74 Å². The number of carbonyl (C=O) groups excluding carboxylic acids is 1. The van der Waals surface area contributed by atoms with Crippen molar-refractivity contribution in [3.05, 3.63) is 0 Å². The maximum atomic E-state index is 11.8. The highest BCUT2D eigenvalue weighted by Crippen LogP contribution is 2.27. The van der Waals surface area contributed by atoms with E-state index in [-0.39, 0.29) is 11.9 Å². The van der Waals surface area contributed by atoms with Crippen molar-refractivity contribution in [1.29, 1.82) is 0 Å². The Balaban J connectivity index is 1.79. The maximum Gasteiger partial charge on any atom is 0.309 e. The lowest BCUT2D eigenvalue weighted by Gasteiger charge is -2.34. The van der Waals surface area contributed by atoms with Crippen LogP contribution in [0.25, 0.3) is 0 Å².